The fraction of sp³-hybridized carbons (Fsp3) is 0.0667. The summed E-state index contributed by atoms with van der Waals surface area (Å²) < 4.78 is 12.2. The Morgan fingerprint density at radius 1 is 0.771 bits per heavy atom. The number of benzene rings is 4. The van der Waals surface area contributed by atoms with Crippen LogP contribution in [0.4, 0.5) is 0 Å². The van der Waals surface area contributed by atoms with Crippen LogP contribution in [0.25, 0.3) is 22.3 Å². The van der Waals surface area contributed by atoms with Gasteiger partial charge in [0.2, 0.25) is 5.43 Å². The lowest BCUT2D eigenvalue weighted by Gasteiger charge is -2.20. The summed E-state index contributed by atoms with van der Waals surface area (Å²) in [5.41, 5.74) is 2.62. The van der Waals surface area contributed by atoms with Gasteiger partial charge in [-0.15, -0.1) is 11.6 Å². The van der Waals surface area contributed by atoms with E-state index in [4.69, 9.17) is 20.8 Å². The number of rotatable bonds is 6. The first kappa shape index (κ1) is 22.6. The van der Waals surface area contributed by atoms with Crippen LogP contribution in [-0.2, 0) is 10.6 Å². The van der Waals surface area contributed by atoms with E-state index in [0.29, 0.717) is 16.7 Å². The Bertz CT molecular complexity index is 1490. The molecule has 1 heterocycles. The number of ether oxygens (including phenoxy) is 1. The molecule has 0 bridgehead atoms. The number of carbonyl (C=O) groups excluding carboxylic acids is 1. The number of alkyl halides is 1. The first-order chi connectivity index (χ1) is 17.2. The van der Waals surface area contributed by atoms with Crippen LogP contribution in [0.1, 0.15) is 33.2 Å². The van der Waals surface area contributed by atoms with E-state index in [-0.39, 0.29) is 22.6 Å². The van der Waals surface area contributed by atoms with Crippen molar-refractivity contribution in [3.63, 3.8) is 0 Å². The molecule has 0 radical (unpaired) electrons. The molecule has 5 aromatic rings. The quantitative estimate of drug-likeness (QED) is 0.191. The number of hydrogen-bond acceptors (Lipinski definition) is 4. The fourth-order valence-electron chi connectivity index (χ4n) is 4.11. The maximum absolute atomic E-state index is 13.7. The molecule has 0 saturated heterocycles. The van der Waals surface area contributed by atoms with Gasteiger partial charge in [-0.1, -0.05) is 103 Å². The van der Waals surface area contributed by atoms with E-state index in [1.165, 1.54) is 0 Å². The fourth-order valence-corrected chi connectivity index (χ4v) is 4.32. The van der Waals surface area contributed by atoms with Gasteiger partial charge < -0.3 is 9.15 Å². The highest BCUT2D eigenvalue weighted by Gasteiger charge is 2.28. The molecule has 172 valence electrons. The molecule has 0 spiro atoms. The van der Waals surface area contributed by atoms with Gasteiger partial charge in [-0.3, -0.25) is 4.79 Å². The molecule has 0 unspecified atom stereocenters. The van der Waals surface area contributed by atoms with Gasteiger partial charge >= 0.3 is 5.97 Å². The van der Waals surface area contributed by atoms with Gasteiger partial charge in [0.05, 0.1) is 11.3 Å². The van der Waals surface area contributed by atoms with Crippen molar-refractivity contribution in [2.75, 3.05) is 0 Å². The largest absolute Gasteiger partial charge is 0.455 e. The molecule has 0 fully saturated rings. The summed E-state index contributed by atoms with van der Waals surface area (Å²) >= 11 is 6.11. The first-order valence-electron chi connectivity index (χ1n) is 11.2. The highest BCUT2D eigenvalue weighted by atomic mass is 35.5. The highest BCUT2D eigenvalue weighted by molar-refractivity contribution is 6.17. The second-order valence-electron chi connectivity index (χ2n) is 8.04. The maximum atomic E-state index is 13.7. The van der Waals surface area contributed by atoms with Crippen molar-refractivity contribution in [3.8, 4) is 11.3 Å². The number of carbonyl (C=O) groups is 1. The van der Waals surface area contributed by atoms with Crippen molar-refractivity contribution >= 4 is 28.5 Å². The zero-order valence-electron chi connectivity index (χ0n) is 18.7. The summed E-state index contributed by atoms with van der Waals surface area (Å²) in [5.74, 6) is -0.429. The standard InChI is InChI=1S/C30H21ClO4/c31-19-23-17-10-18-24-26(32)25(29(34-28(23)24)22-15-8-3-9-16-22)30(33)35-27(20-11-4-1-5-12-20)21-13-6-2-7-14-21/h1-18,27H,19H2. The number of halogens is 1. The molecule has 4 nitrogen and oxygen atoms in total. The van der Waals surface area contributed by atoms with Crippen molar-refractivity contribution < 1.29 is 13.9 Å². The second-order valence-corrected chi connectivity index (χ2v) is 8.30. The number of fused-ring (bicyclic) bond motifs is 1. The normalized spacial score (nSPS) is 11.0. The van der Waals surface area contributed by atoms with Crippen LogP contribution in [0.2, 0.25) is 0 Å². The van der Waals surface area contributed by atoms with Gasteiger partial charge in [0.1, 0.15) is 5.58 Å². The van der Waals surface area contributed by atoms with Crippen molar-refractivity contribution in [1.29, 1.82) is 0 Å². The van der Waals surface area contributed by atoms with E-state index in [0.717, 1.165) is 11.1 Å². The lowest BCUT2D eigenvalue weighted by molar-refractivity contribution is 0.0375. The Balaban J connectivity index is 1.69. The van der Waals surface area contributed by atoms with Gasteiger partial charge in [-0.25, -0.2) is 4.79 Å². The van der Waals surface area contributed by atoms with E-state index in [1.807, 2.05) is 78.9 Å². The lowest BCUT2D eigenvalue weighted by atomic mass is 10.0. The molecule has 0 aliphatic rings. The van der Waals surface area contributed by atoms with Crippen molar-refractivity contribution in [3.05, 3.63) is 142 Å². The summed E-state index contributed by atoms with van der Waals surface area (Å²) in [4.78, 5) is 27.4. The Kier molecular flexibility index (Phi) is 6.47. The lowest BCUT2D eigenvalue weighted by Crippen LogP contribution is -2.22. The van der Waals surface area contributed by atoms with Crippen LogP contribution >= 0.6 is 11.6 Å². The molecular formula is C30H21ClO4. The highest BCUT2D eigenvalue weighted by Crippen LogP contribution is 2.32. The molecule has 1 aromatic heterocycles. The number of hydrogen-bond donors (Lipinski definition) is 0. The molecule has 4 aromatic carbocycles. The van der Waals surface area contributed by atoms with E-state index in [1.54, 1.807) is 30.3 Å². The van der Waals surface area contributed by atoms with Crippen LogP contribution in [0, 0.1) is 0 Å². The zero-order chi connectivity index (χ0) is 24.2. The van der Waals surface area contributed by atoms with E-state index in [2.05, 4.69) is 0 Å². The van der Waals surface area contributed by atoms with Gasteiger partial charge in [0.15, 0.2) is 17.4 Å². The third kappa shape index (κ3) is 4.48. The summed E-state index contributed by atoms with van der Waals surface area (Å²) in [6.07, 6.45) is -0.696. The molecule has 0 atom stereocenters. The summed E-state index contributed by atoms with van der Waals surface area (Å²) in [6.45, 7) is 0. The second kappa shape index (κ2) is 10.00. The molecule has 0 aliphatic carbocycles. The average Bonchev–Trinajstić information content (AvgIpc) is 2.92. The van der Waals surface area contributed by atoms with Crippen LogP contribution in [0.15, 0.2) is 118 Å². The van der Waals surface area contributed by atoms with E-state index >= 15 is 0 Å². The van der Waals surface area contributed by atoms with Crippen LogP contribution < -0.4 is 5.43 Å². The third-order valence-corrected chi connectivity index (χ3v) is 6.10. The molecule has 0 aliphatic heterocycles. The van der Waals surface area contributed by atoms with Gasteiger partial charge in [-0.2, -0.15) is 0 Å². The minimum atomic E-state index is -0.756. The van der Waals surface area contributed by atoms with Crippen LogP contribution in [0.5, 0.6) is 0 Å². The third-order valence-electron chi connectivity index (χ3n) is 5.81. The molecule has 35 heavy (non-hydrogen) atoms. The Hall–Kier alpha value is -4.15. The summed E-state index contributed by atoms with van der Waals surface area (Å²) in [6, 6.07) is 33.1. The molecule has 5 rings (SSSR count). The Morgan fingerprint density at radius 2 is 1.34 bits per heavy atom. The monoisotopic (exact) mass is 480 g/mol. The van der Waals surface area contributed by atoms with E-state index in [9.17, 15) is 9.59 Å². The Labute approximate surface area is 207 Å². The first-order valence-corrected chi connectivity index (χ1v) is 11.7. The summed E-state index contributed by atoms with van der Waals surface area (Å²) in [5, 5.41) is 0.283. The van der Waals surface area contributed by atoms with Gasteiger partial charge in [-0.05, 0) is 17.2 Å². The minimum absolute atomic E-state index is 0.146. The smallest absolute Gasteiger partial charge is 0.346 e. The van der Waals surface area contributed by atoms with Crippen LogP contribution in [0.3, 0.4) is 0 Å². The number of para-hydroxylation sites is 1. The van der Waals surface area contributed by atoms with Crippen molar-refractivity contribution in [1.82, 2.24) is 0 Å². The minimum Gasteiger partial charge on any atom is -0.455 e. The zero-order valence-corrected chi connectivity index (χ0v) is 19.4. The molecule has 0 saturated carbocycles. The van der Waals surface area contributed by atoms with Crippen LogP contribution in [-0.4, -0.2) is 5.97 Å². The van der Waals surface area contributed by atoms with Gasteiger partial charge in [0, 0.05) is 11.1 Å². The predicted octanol–water partition coefficient (Wildman–Crippen LogP) is 7.15. The SMILES string of the molecule is O=C(OC(c1ccccc1)c1ccccc1)c1c(-c2ccccc2)oc2c(CCl)cccc2c1=O. The Morgan fingerprint density at radius 3 is 1.91 bits per heavy atom. The predicted molar refractivity (Wildman–Crippen MR) is 138 cm³/mol. The molecule has 0 amide bonds. The van der Waals surface area contributed by atoms with E-state index < -0.39 is 17.5 Å². The maximum Gasteiger partial charge on any atom is 0.346 e. The molecular weight excluding hydrogens is 460 g/mol. The van der Waals surface area contributed by atoms with Crippen molar-refractivity contribution in [2.45, 2.75) is 12.0 Å². The average molecular weight is 481 g/mol. The van der Waals surface area contributed by atoms with Gasteiger partial charge in [0.25, 0.3) is 0 Å². The molecule has 5 heteroatoms. The topological polar surface area (TPSA) is 56.5 Å². The van der Waals surface area contributed by atoms with Crippen molar-refractivity contribution in [2.24, 2.45) is 0 Å². The number of esters is 1. The molecule has 0 N–H and O–H groups in total. The summed E-state index contributed by atoms with van der Waals surface area (Å²) in [7, 11) is 0.